The van der Waals surface area contributed by atoms with Crippen LogP contribution in [0.2, 0.25) is 10.0 Å². The minimum atomic E-state index is -1.58. The molecule has 0 aromatic heterocycles. The van der Waals surface area contributed by atoms with Gasteiger partial charge in [0, 0.05) is 52.1 Å². The lowest BCUT2D eigenvalue weighted by Crippen LogP contribution is -2.53. The molecule has 11 nitrogen and oxygen atoms in total. The van der Waals surface area contributed by atoms with E-state index in [0.717, 1.165) is 22.4 Å². The van der Waals surface area contributed by atoms with Gasteiger partial charge in [-0.1, -0.05) is 70.8 Å². The summed E-state index contributed by atoms with van der Waals surface area (Å²) in [6.45, 7) is 0.803. The Morgan fingerprint density at radius 2 is 1.77 bits per heavy atom. The van der Waals surface area contributed by atoms with Crippen molar-refractivity contribution < 1.29 is 24.1 Å². The van der Waals surface area contributed by atoms with Gasteiger partial charge < -0.3 is 19.3 Å². The Morgan fingerprint density at radius 1 is 1.04 bits per heavy atom. The first-order valence-electron chi connectivity index (χ1n) is 15.2. The van der Waals surface area contributed by atoms with Gasteiger partial charge in [0.2, 0.25) is 5.90 Å². The van der Waals surface area contributed by atoms with Gasteiger partial charge in [0.1, 0.15) is 11.5 Å². The number of nitrogens with one attached hydrogen (secondary N) is 2. The predicted molar refractivity (Wildman–Crippen MR) is 184 cm³/mol. The third-order valence-corrected chi connectivity index (χ3v) is 8.37. The highest BCUT2D eigenvalue weighted by Crippen LogP contribution is 2.45. The standard InChI is InChI=1S/C35H34Cl2N6O5/c1-46-28-12-7-23(8-13-28)21-39-42-34(45)35(20-25-5-2-3-6-26(25)22-40-43-38)32(30-16-11-27(36)19-31(30)37)48-33(41-35)24-9-14-29(15-10-24)47-18-4-17-44/h2-3,5-16,19,32,39,44H,4,17-18,20-22H2,1H3,(H,42,45)/t32-,35-/m0/s1. The van der Waals surface area contributed by atoms with E-state index >= 15 is 0 Å². The van der Waals surface area contributed by atoms with Gasteiger partial charge >= 0.3 is 0 Å². The maximum atomic E-state index is 14.6. The molecule has 0 unspecified atom stereocenters. The number of nitrogens with zero attached hydrogens (tertiary/aromatic N) is 4. The second-order valence-electron chi connectivity index (χ2n) is 10.9. The molecule has 4 aromatic rings. The van der Waals surface area contributed by atoms with Crippen molar-refractivity contribution in [1.29, 1.82) is 0 Å². The van der Waals surface area contributed by atoms with Crippen LogP contribution in [0.25, 0.3) is 10.4 Å². The molecule has 4 aromatic carbocycles. The van der Waals surface area contributed by atoms with Gasteiger partial charge in [-0.05, 0) is 70.8 Å². The molecule has 48 heavy (non-hydrogen) atoms. The van der Waals surface area contributed by atoms with Crippen molar-refractivity contribution in [3.8, 4) is 11.5 Å². The Labute approximate surface area is 288 Å². The smallest absolute Gasteiger partial charge is 0.266 e. The first-order valence-corrected chi connectivity index (χ1v) is 15.9. The number of azide groups is 1. The number of amides is 1. The van der Waals surface area contributed by atoms with Crippen LogP contribution in [0.4, 0.5) is 0 Å². The fraction of sp³-hybridized carbons (Fsp3) is 0.257. The number of ether oxygens (including phenoxy) is 3. The van der Waals surface area contributed by atoms with Crippen LogP contribution in [0.15, 0.2) is 101 Å². The summed E-state index contributed by atoms with van der Waals surface area (Å²) in [6, 6.07) is 27.0. The molecule has 0 saturated carbocycles. The van der Waals surface area contributed by atoms with Crippen LogP contribution in [0.1, 0.15) is 40.3 Å². The van der Waals surface area contributed by atoms with Crippen molar-refractivity contribution in [2.24, 2.45) is 10.1 Å². The van der Waals surface area contributed by atoms with E-state index in [0.29, 0.717) is 46.5 Å². The van der Waals surface area contributed by atoms with Crippen molar-refractivity contribution in [1.82, 2.24) is 10.9 Å². The second-order valence-corrected chi connectivity index (χ2v) is 11.8. The predicted octanol–water partition coefficient (Wildman–Crippen LogP) is 6.89. The molecule has 0 spiro atoms. The summed E-state index contributed by atoms with van der Waals surface area (Å²) < 4.78 is 17.5. The molecule has 1 amide bonds. The molecule has 1 aliphatic rings. The normalized spacial score (nSPS) is 16.8. The summed E-state index contributed by atoms with van der Waals surface area (Å²) in [6.07, 6.45) is -0.393. The van der Waals surface area contributed by atoms with Crippen molar-refractivity contribution >= 4 is 35.0 Å². The van der Waals surface area contributed by atoms with Crippen LogP contribution in [-0.2, 0) is 29.0 Å². The summed E-state index contributed by atoms with van der Waals surface area (Å²) in [4.78, 5) is 22.5. The van der Waals surface area contributed by atoms with Crippen LogP contribution in [0.3, 0.4) is 0 Å². The van der Waals surface area contributed by atoms with Crippen LogP contribution in [0, 0.1) is 0 Å². The number of benzene rings is 4. The van der Waals surface area contributed by atoms with E-state index in [9.17, 15) is 4.79 Å². The highest BCUT2D eigenvalue weighted by molar-refractivity contribution is 6.35. The van der Waals surface area contributed by atoms with Crippen molar-refractivity contribution in [2.45, 2.75) is 37.6 Å². The van der Waals surface area contributed by atoms with Crippen LogP contribution >= 0.6 is 23.2 Å². The zero-order valence-corrected chi connectivity index (χ0v) is 27.6. The minimum Gasteiger partial charge on any atom is -0.497 e. The number of hydrogen-bond acceptors (Lipinski definition) is 8. The number of aliphatic hydroxyl groups is 1. The lowest BCUT2D eigenvalue weighted by atomic mass is 9.81. The molecule has 0 fully saturated rings. The van der Waals surface area contributed by atoms with Crippen LogP contribution < -0.4 is 20.3 Å². The first kappa shape index (κ1) is 34.6. The Bertz CT molecular complexity index is 1800. The first-order chi connectivity index (χ1) is 23.4. The third kappa shape index (κ3) is 8.20. The maximum Gasteiger partial charge on any atom is 0.266 e. The number of hydrazine groups is 1. The maximum absolute atomic E-state index is 14.6. The monoisotopic (exact) mass is 688 g/mol. The van der Waals surface area contributed by atoms with Crippen molar-refractivity contribution in [2.75, 3.05) is 20.3 Å². The van der Waals surface area contributed by atoms with Gasteiger partial charge in [0.25, 0.3) is 5.91 Å². The van der Waals surface area contributed by atoms with Gasteiger partial charge in [-0.3, -0.25) is 10.2 Å². The molecule has 0 radical (unpaired) electrons. The number of carbonyl (C=O) groups excluding carboxylic acids is 1. The molecule has 0 bridgehead atoms. The zero-order valence-electron chi connectivity index (χ0n) is 26.1. The number of aliphatic hydroxyl groups excluding tert-OH is 1. The molecule has 0 aliphatic carbocycles. The molecule has 13 heteroatoms. The number of halogens is 2. The number of methoxy groups -OCH3 is 1. The molecule has 0 saturated heterocycles. The third-order valence-electron chi connectivity index (χ3n) is 7.81. The SMILES string of the molecule is COc1ccc(CNNC(=O)[C@@]2(Cc3ccccc3CN=[N+]=[N-])N=C(c3ccc(OCCCO)cc3)O[C@H]2c2ccc(Cl)cc2Cl)cc1. The largest absolute Gasteiger partial charge is 0.497 e. The highest BCUT2D eigenvalue weighted by atomic mass is 35.5. The fourth-order valence-electron chi connectivity index (χ4n) is 5.33. The van der Waals surface area contributed by atoms with Gasteiger partial charge in [-0.2, -0.15) is 0 Å². The molecule has 2 atom stereocenters. The molecular weight excluding hydrogens is 655 g/mol. The molecule has 1 heterocycles. The summed E-state index contributed by atoms with van der Waals surface area (Å²) in [5, 5.41) is 13.6. The molecular formula is C35H34Cl2N6O5. The van der Waals surface area contributed by atoms with Gasteiger partial charge in [0.05, 0.1) is 20.3 Å². The molecule has 1 aliphatic heterocycles. The summed E-state index contributed by atoms with van der Waals surface area (Å²) in [5.41, 5.74) is 16.9. The van der Waals surface area contributed by atoms with Gasteiger partial charge in [0.15, 0.2) is 11.6 Å². The van der Waals surface area contributed by atoms with Gasteiger partial charge in [-0.25, -0.2) is 10.4 Å². The molecule has 5 rings (SSSR count). The summed E-state index contributed by atoms with van der Waals surface area (Å²) >= 11 is 13.0. The topological polar surface area (TPSA) is 150 Å². The Kier molecular flexibility index (Phi) is 11.8. The molecule has 3 N–H and O–H groups in total. The summed E-state index contributed by atoms with van der Waals surface area (Å²) in [5.74, 6) is 1.09. The van der Waals surface area contributed by atoms with E-state index in [4.69, 9.17) is 53.0 Å². The van der Waals surface area contributed by atoms with E-state index < -0.39 is 17.6 Å². The van der Waals surface area contributed by atoms with E-state index in [2.05, 4.69) is 20.9 Å². The lowest BCUT2D eigenvalue weighted by Gasteiger charge is -2.32. The Hall–Kier alpha value is -4.77. The number of aliphatic imine (C=N–C) groups is 1. The van der Waals surface area contributed by atoms with Crippen molar-refractivity contribution in [3.63, 3.8) is 0 Å². The average Bonchev–Trinajstić information content (AvgIpc) is 3.48. The van der Waals surface area contributed by atoms with Gasteiger partial charge in [-0.15, -0.1) is 0 Å². The molecule has 248 valence electrons. The number of carbonyl (C=O) groups is 1. The summed E-state index contributed by atoms with van der Waals surface area (Å²) in [7, 11) is 1.60. The number of rotatable bonds is 15. The zero-order chi connectivity index (χ0) is 33.9. The second kappa shape index (κ2) is 16.4. The van der Waals surface area contributed by atoms with Crippen LogP contribution in [-0.4, -0.2) is 42.8 Å². The highest BCUT2D eigenvalue weighted by Gasteiger charge is 2.54. The van der Waals surface area contributed by atoms with E-state index in [1.54, 1.807) is 49.6 Å². The van der Waals surface area contributed by atoms with E-state index in [-0.39, 0.29) is 25.5 Å². The number of hydrogen-bond donors (Lipinski definition) is 3. The van der Waals surface area contributed by atoms with E-state index in [1.165, 1.54) is 0 Å². The minimum absolute atomic E-state index is 0.0302. The fourth-order valence-corrected chi connectivity index (χ4v) is 5.84. The average molecular weight is 690 g/mol. The Balaban J connectivity index is 1.56. The van der Waals surface area contributed by atoms with Crippen LogP contribution in [0.5, 0.6) is 11.5 Å². The quantitative estimate of drug-likeness (QED) is 0.0407. The van der Waals surface area contributed by atoms with E-state index in [1.807, 2.05) is 48.5 Å². The Morgan fingerprint density at radius 3 is 2.46 bits per heavy atom. The van der Waals surface area contributed by atoms with Crippen molar-refractivity contribution in [3.05, 3.63) is 139 Å². The lowest BCUT2D eigenvalue weighted by molar-refractivity contribution is -0.130.